The molecule has 1 aliphatic heterocycles. The third-order valence-corrected chi connectivity index (χ3v) is 4.83. The first kappa shape index (κ1) is 15.3. The van der Waals surface area contributed by atoms with Crippen molar-refractivity contribution in [2.24, 2.45) is 10.2 Å². The molecule has 1 fully saturated rings. The van der Waals surface area contributed by atoms with Crippen LogP contribution in [0.1, 0.15) is 18.6 Å². The Hall–Kier alpha value is -2.55. The number of aliphatic hydroxyl groups is 1. The van der Waals surface area contributed by atoms with Gasteiger partial charge in [-0.3, -0.25) is 4.98 Å². The number of nitrogens with two attached hydrogens (primary N) is 1. The van der Waals surface area contributed by atoms with E-state index in [1.807, 2.05) is 0 Å². The number of hydrogen-bond acceptors (Lipinski definition) is 7. The first-order valence-electron chi connectivity index (χ1n) is 6.59. The molecule has 118 valence electrons. The normalized spacial score (nSPS) is 29.9. The lowest BCUT2D eigenvalue weighted by molar-refractivity contribution is -0.0651. The second-order valence-electron chi connectivity index (χ2n) is 5.19. The molecule has 0 spiro atoms. The average molecular weight is 332 g/mol. The van der Waals surface area contributed by atoms with E-state index < -0.39 is 24.0 Å². The SMILES string of the molecule is C[C@@]1(N=[N+]=[N-])O[C@@H](c2csc3c(N)ccnc23)[C@H](N=[N+]=[N-])[C@@H]1O. The van der Waals surface area contributed by atoms with Crippen LogP contribution in [0.15, 0.2) is 27.9 Å². The molecule has 3 heterocycles. The first-order valence-corrected chi connectivity index (χ1v) is 7.47. The molecule has 10 nitrogen and oxygen atoms in total. The maximum Gasteiger partial charge on any atom is 0.171 e. The summed E-state index contributed by atoms with van der Waals surface area (Å²) in [5, 5.41) is 19.3. The number of anilines is 1. The Balaban J connectivity index is 2.14. The Labute approximate surface area is 133 Å². The summed E-state index contributed by atoms with van der Waals surface area (Å²) >= 11 is 1.37. The third kappa shape index (κ3) is 2.33. The minimum absolute atomic E-state index is 0.572. The van der Waals surface area contributed by atoms with Gasteiger partial charge in [0.1, 0.15) is 0 Å². The third-order valence-electron chi connectivity index (χ3n) is 3.79. The molecular formula is C12H12N8O2S. The molecule has 3 N–H and O–H groups in total. The zero-order valence-electron chi connectivity index (χ0n) is 11.9. The summed E-state index contributed by atoms with van der Waals surface area (Å²) in [5.41, 5.74) is 23.7. The van der Waals surface area contributed by atoms with Gasteiger partial charge in [0, 0.05) is 21.6 Å². The zero-order chi connectivity index (χ0) is 16.6. The molecule has 2 aromatic heterocycles. The smallest absolute Gasteiger partial charge is 0.171 e. The van der Waals surface area contributed by atoms with Crippen molar-refractivity contribution in [1.29, 1.82) is 0 Å². The van der Waals surface area contributed by atoms with Crippen molar-refractivity contribution in [3.05, 3.63) is 44.1 Å². The van der Waals surface area contributed by atoms with Crippen LogP contribution in [0, 0.1) is 0 Å². The maximum atomic E-state index is 10.4. The lowest BCUT2D eigenvalue weighted by Crippen LogP contribution is -2.37. The maximum absolute atomic E-state index is 10.4. The second kappa shape index (κ2) is 5.58. The fraction of sp³-hybridized carbons (Fsp3) is 0.417. The van der Waals surface area contributed by atoms with E-state index in [1.54, 1.807) is 17.6 Å². The van der Waals surface area contributed by atoms with Crippen molar-refractivity contribution in [3.63, 3.8) is 0 Å². The summed E-state index contributed by atoms with van der Waals surface area (Å²) in [6.45, 7) is 1.44. The van der Waals surface area contributed by atoms with Crippen LogP contribution in [-0.2, 0) is 4.74 Å². The van der Waals surface area contributed by atoms with Gasteiger partial charge in [-0.1, -0.05) is 10.2 Å². The highest BCUT2D eigenvalue weighted by atomic mass is 32.1. The summed E-state index contributed by atoms with van der Waals surface area (Å²) in [6, 6.07) is 0.735. The largest absolute Gasteiger partial charge is 0.397 e. The topological polar surface area (TPSA) is 166 Å². The highest BCUT2D eigenvalue weighted by Crippen LogP contribution is 2.46. The minimum Gasteiger partial charge on any atom is -0.397 e. The summed E-state index contributed by atoms with van der Waals surface area (Å²) in [6.07, 6.45) is -0.510. The molecule has 0 bridgehead atoms. The van der Waals surface area contributed by atoms with Gasteiger partial charge in [-0.15, -0.1) is 11.3 Å². The van der Waals surface area contributed by atoms with Crippen LogP contribution in [-0.4, -0.2) is 28.0 Å². The number of rotatable bonds is 3. The highest BCUT2D eigenvalue weighted by molar-refractivity contribution is 7.18. The van der Waals surface area contributed by atoms with Gasteiger partial charge >= 0.3 is 0 Å². The molecule has 0 aliphatic carbocycles. The Morgan fingerprint density at radius 2 is 2.26 bits per heavy atom. The number of aliphatic hydroxyl groups excluding tert-OH is 1. The van der Waals surface area contributed by atoms with E-state index in [-0.39, 0.29) is 0 Å². The van der Waals surface area contributed by atoms with Gasteiger partial charge in [0.15, 0.2) is 5.72 Å². The van der Waals surface area contributed by atoms with Gasteiger partial charge in [0.2, 0.25) is 0 Å². The fourth-order valence-corrected chi connectivity index (χ4v) is 3.63. The molecular weight excluding hydrogens is 320 g/mol. The molecule has 2 aromatic rings. The van der Waals surface area contributed by atoms with Crippen LogP contribution in [0.25, 0.3) is 31.1 Å². The van der Waals surface area contributed by atoms with E-state index in [0.29, 0.717) is 16.8 Å². The Bertz CT molecular complexity index is 856. The Kier molecular flexibility index (Phi) is 3.72. The number of thiophene rings is 1. The first-order chi connectivity index (χ1) is 11.0. The lowest BCUT2D eigenvalue weighted by Gasteiger charge is -2.21. The molecule has 4 atom stereocenters. The highest BCUT2D eigenvalue weighted by Gasteiger charge is 2.52. The molecule has 23 heavy (non-hydrogen) atoms. The number of fused-ring (bicyclic) bond motifs is 1. The standard InChI is InChI=1S/C12H12N8O2S/c1-12(18-20-15)11(21)8(17-19-14)9(22-12)5-4-23-10-6(13)2-3-16-7(5)10/h2-4,8-9,11,21H,1H3,(H2,13,16)/t8-,9-,11-,12+/m0/s1. The minimum atomic E-state index is -1.53. The van der Waals surface area contributed by atoms with Crippen molar-refractivity contribution in [1.82, 2.24) is 4.98 Å². The number of hydrogen-bond donors (Lipinski definition) is 2. The van der Waals surface area contributed by atoms with Crippen molar-refractivity contribution >= 4 is 27.2 Å². The number of aromatic nitrogens is 1. The molecule has 1 aliphatic rings. The molecule has 3 rings (SSSR count). The average Bonchev–Trinajstić information content (AvgIpc) is 3.04. The zero-order valence-corrected chi connectivity index (χ0v) is 12.8. The quantitative estimate of drug-likeness (QED) is 0.501. The number of pyridine rings is 1. The predicted octanol–water partition coefficient (Wildman–Crippen LogP) is 3.02. The number of nitrogen functional groups attached to an aromatic ring is 1. The van der Waals surface area contributed by atoms with Crippen LogP contribution >= 0.6 is 11.3 Å². The molecule has 0 unspecified atom stereocenters. The Morgan fingerprint density at radius 3 is 2.96 bits per heavy atom. The van der Waals surface area contributed by atoms with Crippen molar-refractivity contribution in [2.45, 2.75) is 30.9 Å². The van der Waals surface area contributed by atoms with Gasteiger partial charge in [-0.25, -0.2) is 0 Å². The second-order valence-corrected chi connectivity index (χ2v) is 6.07. The van der Waals surface area contributed by atoms with Gasteiger partial charge in [-0.2, -0.15) is 0 Å². The number of nitrogens with zero attached hydrogens (tertiary/aromatic N) is 7. The molecule has 0 radical (unpaired) electrons. The molecule has 0 amide bonds. The van der Waals surface area contributed by atoms with Crippen molar-refractivity contribution < 1.29 is 9.84 Å². The summed E-state index contributed by atoms with van der Waals surface area (Å²) in [7, 11) is 0. The van der Waals surface area contributed by atoms with E-state index in [0.717, 1.165) is 4.70 Å². The van der Waals surface area contributed by atoms with Crippen molar-refractivity contribution in [2.75, 3.05) is 5.73 Å². The number of azide groups is 2. The van der Waals surface area contributed by atoms with Crippen LogP contribution in [0.4, 0.5) is 5.69 Å². The van der Waals surface area contributed by atoms with E-state index in [1.165, 1.54) is 18.3 Å². The molecule has 11 heteroatoms. The van der Waals surface area contributed by atoms with Gasteiger partial charge in [0.05, 0.1) is 34.2 Å². The van der Waals surface area contributed by atoms with Crippen LogP contribution < -0.4 is 5.73 Å². The summed E-state index contributed by atoms with van der Waals surface area (Å²) in [5.74, 6) is 0. The molecule has 0 saturated carbocycles. The van der Waals surface area contributed by atoms with E-state index in [4.69, 9.17) is 21.5 Å². The predicted molar refractivity (Wildman–Crippen MR) is 84.4 cm³/mol. The van der Waals surface area contributed by atoms with E-state index >= 15 is 0 Å². The number of ether oxygens (including phenoxy) is 1. The monoisotopic (exact) mass is 332 g/mol. The van der Waals surface area contributed by atoms with E-state index in [9.17, 15) is 5.11 Å². The van der Waals surface area contributed by atoms with Gasteiger partial charge in [0.25, 0.3) is 0 Å². The van der Waals surface area contributed by atoms with Crippen LogP contribution in [0.2, 0.25) is 0 Å². The Morgan fingerprint density at radius 1 is 1.48 bits per heavy atom. The lowest BCUT2D eigenvalue weighted by atomic mass is 9.99. The summed E-state index contributed by atoms with van der Waals surface area (Å²) < 4.78 is 6.53. The fourth-order valence-electron chi connectivity index (χ4n) is 2.65. The van der Waals surface area contributed by atoms with Crippen LogP contribution in [0.5, 0.6) is 0 Å². The van der Waals surface area contributed by atoms with Gasteiger partial charge < -0.3 is 15.6 Å². The molecule has 1 saturated heterocycles. The molecule has 0 aromatic carbocycles. The van der Waals surface area contributed by atoms with Crippen molar-refractivity contribution in [3.8, 4) is 0 Å². The van der Waals surface area contributed by atoms with E-state index in [2.05, 4.69) is 25.0 Å². The van der Waals surface area contributed by atoms with Crippen LogP contribution in [0.3, 0.4) is 0 Å². The van der Waals surface area contributed by atoms with Gasteiger partial charge in [-0.05, 0) is 29.4 Å². The summed E-state index contributed by atoms with van der Waals surface area (Å²) in [4.78, 5) is 9.75.